The van der Waals surface area contributed by atoms with E-state index in [1.54, 1.807) is 30.5 Å². The molecular formula is C25H22Cl2F3N3O2. The summed E-state index contributed by atoms with van der Waals surface area (Å²) in [6, 6.07) is 11.4. The Labute approximate surface area is 210 Å². The lowest BCUT2D eigenvalue weighted by Crippen LogP contribution is -2.42. The Morgan fingerprint density at radius 1 is 1.11 bits per heavy atom. The van der Waals surface area contributed by atoms with Crippen molar-refractivity contribution in [2.24, 2.45) is 0 Å². The van der Waals surface area contributed by atoms with Gasteiger partial charge in [-0.25, -0.2) is 0 Å². The summed E-state index contributed by atoms with van der Waals surface area (Å²) in [4.78, 5) is 11.6. The molecule has 5 nitrogen and oxygen atoms in total. The van der Waals surface area contributed by atoms with E-state index in [0.717, 1.165) is 35.6 Å². The largest absolute Gasteiger partial charge is 0.573 e. The van der Waals surface area contributed by atoms with Crippen molar-refractivity contribution in [1.29, 1.82) is 0 Å². The van der Waals surface area contributed by atoms with Crippen LogP contribution in [0.15, 0.2) is 48.7 Å². The van der Waals surface area contributed by atoms with Crippen molar-refractivity contribution in [3.8, 4) is 5.75 Å². The SMILES string of the molecule is Cc1nc2c(cc1Cl)C(c1cc(Cl)ccn1)OC21CCN(Cc2ccc(OC(F)(F)F)cc2)CC1. The van der Waals surface area contributed by atoms with Crippen LogP contribution in [0, 0.1) is 6.92 Å². The van der Waals surface area contributed by atoms with Gasteiger partial charge in [0.05, 0.1) is 22.1 Å². The van der Waals surface area contributed by atoms with Crippen molar-refractivity contribution in [1.82, 2.24) is 14.9 Å². The molecule has 1 unspecified atom stereocenters. The van der Waals surface area contributed by atoms with Gasteiger partial charge in [0.15, 0.2) is 0 Å². The highest BCUT2D eigenvalue weighted by molar-refractivity contribution is 6.31. The van der Waals surface area contributed by atoms with Gasteiger partial charge in [-0.1, -0.05) is 35.3 Å². The Kier molecular flexibility index (Phi) is 6.42. The molecule has 0 radical (unpaired) electrons. The summed E-state index contributed by atoms with van der Waals surface area (Å²) in [6.07, 6.45) is -2.04. The summed E-state index contributed by atoms with van der Waals surface area (Å²) >= 11 is 12.6. The van der Waals surface area contributed by atoms with Crippen molar-refractivity contribution >= 4 is 23.2 Å². The zero-order valence-electron chi connectivity index (χ0n) is 18.8. The molecule has 1 aromatic carbocycles. The van der Waals surface area contributed by atoms with Crippen LogP contribution in [0.4, 0.5) is 13.2 Å². The molecule has 0 amide bonds. The van der Waals surface area contributed by atoms with Crippen molar-refractivity contribution in [3.05, 3.63) is 86.9 Å². The summed E-state index contributed by atoms with van der Waals surface area (Å²) in [5, 5.41) is 1.15. The number of aryl methyl sites for hydroxylation is 1. The number of hydrogen-bond donors (Lipinski definition) is 0. The van der Waals surface area contributed by atoms with Gasteiger partial charge >= 0.3 is 6.36 Å². The molecular weight excluding hydrogens is 502 g/mol. The number of hydrogen-bond acceptors (Lipinski definition) is 5. The Morgan fingerprint density at radius 3 is 2.49 bits per heavy atom. The van der Waals surface area contributed by atoms with Crippen molar-refractivity contribution in [2.45, 2.75) is 44.4 Å². The molecule has 2 aliphatic rings. The van der Waals surface area contributed by atoms with Crippen LogP contribution >= 0.6 is 23.2 Å². The Bertz CT molecular complexity index is 1230. The average Bonchev–Trinajstić information content (AvgIpc) is 3.09. The first-order chi connectivity index (χ1) is 16.6. The van der Waals surface area contributed by atoms with E-state index in [-0.39, 0.29) is 5.75 Å². The number of ether oxygens (including phenoxy) is 2. The lowest BCUT2D eigenvalue weighted by atomic mass is 9.86. The number of halogens is 5. The van der Waals surface area contributed by atoms with Gasteiger partial charge in [0, 0.05) is 36.4 Å². The molecule has 2 aromatic heterocycles. The topological polar surface area (TPSA) is 47.5 Å². The smallest absolute Gasteiger partial charge is 0.406 e. The standard InChI is InChI=1S/C25H22Cl2F3N3O2/c1-15-20(27)13-19-22(21-12-17(26)6-9-31-21)35-24(23(19)32-15)7-10-33(11-8-24)14-16-2-4-18(5-3-16)34-25(28,29)30/h2-6,9,12-13,22H,7-8,10-11,14H2,1H3. The van der Waals surface area contributed by atoms with Crippen LogP contribution in [0.3, 0.4) is 0 Å². The minimum atomic E-state index is -4.70. The van der Waals surface area contributed by atoms with E-state index in [9.17, 15) is 13.2 Å². The number of benzene rings is 1. The molecule has 1 spiro atoms. The second-order valence-corrected chi connectivity index (χ2v) is 9.70. The Morgan fingerprint density at radius 2 is 1.83 bits per heavy atom. The molecule has 35 heavy (non-hydrogen) atoms. The highest BCUT2D eigenvalue weighted by Gasteiger charge is 2.49. The van der Waals surface area contributed by atoms with Gasteiger partial charge in [-0.15, -0.1) is 13.2 Å². The highest BCUT2D eigenvalue weighted by Crippen LogP contribution is 2.51. The minimum absolute atomic E-state index is 0.226. The predicted octanol–water partition coefficient (Wildman–Crippen LogP) is 6.60. The lowest BCUT2D eigenvalue weighted by Gasteiger charge is -2.39. The monoisotopic (exact) mass is 523 g/mol. The van der Waals surface area contributed by atoms with Crippen LogP contribution in [-0.2, 0) is 16.9 Å². The van der Waals surface area contributed by atoms with Gasteiger partial charge in [0.2, 0.25) is 0 Å². The third-order valence-corrected chi connectivity index (χ3v) is 7.09. The van der Waals surface area contributed by atoms with Gasteiger partial charge in [0.25, 0.3) is 0 Å². The number of fused-ring (bicyclic) bond motifs is 2. The first kappa shape index (κ1) is 24.3. The number of pyridine rings is 2. The van der Waals surface area contributed by atoms with Gasteiger partial charge in [-0.2, -0.15) is 0 Å². The molecule has 4 heterocycles. The fourth-order valence-corrected chi connectivity index (χ4v) is 5.10. The van der Waals surface area contributed by atoms with Crippen molar-refractivity contribution in [3.63, 3.8) is 0 Å². The number of alkyl halides is 3. The number of nitrogens with zero attached hydrogens (tertiary/aromatic N) is 3. The van der Waals surface area contributed by atoms with E-state index in [0.29, 0.717) is 35.1 Å². The van der Waals surface area contributed by atoms with Crippen LogP contribution in [-0.4, -0.2) is 34.3 Å². The maximum absolute atomic E-state index is 12.4. The quantitative estimate of drug-likeness (QED) is 0.385. The average molecular weight is 524 g/mol. The number of aromatic nitrogens is 2. The van der Waals surface area contributed by atoms with Crippen LogP contribution in [0.5, 0.6) is 5.75 Å². The third-order valence-electron chi connectivity index (χ3n) is 6.48. The third kappa shape index (κ3) is 5.11. The minimum Gasteiger partial charge on any atom is -0.406 e. The van der Waals surface area contributed by atoms with Crippen LogP contribution < -0.4 is 4.74 Å². The normalized spacial score (nSPS) is 19.7. The fraction of sp³-hybridized carbons (Fsp3) is 0.360. The molecule has 1 saturated heterocycles. The zero-order valence-corrected chi connectivity index (χ0v) is 20.3. The van der Waals surface area contributed by atoms with Gasteiger partial charge in [-0.05, 0) is 55.7 Å². The number of likely N-dealkylation sites (tertiary alicyclic amines) is 1. The molecule has 3 aromatic rings. The molecule has 5 rings (SSSR count). The maximum Gasteiger partial charge on any atom is 0.573 e. The van der Waals surface area contributed by atoms with Gasteiger partial charge < -0.3 is 9.47 Å². The summed E-state index contributed by atoms with van der Waals surface area (Å²) < 4.78 is 47.8. The summed E-state index contributed by atoms with van der Waals surface area (Å²) in [5.41, 5.74) is 3.59. The number of piperidine rings is 1. The van der Waals surface area contributed by atoms with E-state index >= 15 is 0 Å². The molecule has 184 valence electrons. The Hall–Kier alpha value is -2.39. The summed E-state index contributed by atoms with van der Waals surface area (Å²) in [6.45, 7) is 3.96. The van der Waals surface area contributed by atoms with E-state index in [4.69, 9.17) is 32.9 Å². The highest BCUT2D eigenvalue weighted by atomic mass is 35.5. The fourth-order valence-electron chi connectivity index (χ4n) is 4.77. The second-order valence-electron chi connectivity index (χ2n) is 8.85. The zero-order chi connectivity index (χ0) is 24.8. The van der Waals surface area contributed by atoms with E-state index in [2.05, 4.69) is 14.6 Å². The van der Waals surface area contributed by atoms with Crippen LogP contribution in [0.1, 0.15) is 47.2 Å². The Balaban J connectivity index is 1.33. The molecule has 0 bridgehead atoms. The first-order valence-electron chi connectivity index (χ1n) is 11.2. The molecule has 10 heteroatoms. The van der Waals surface area contributed by atoms with Gasteiger partial charge in [0.1, 0.15) is 17.5 Å². The molecule has 0 N–H and O–H groups in total. The maximum atomic E-state index is 12.4. The molecule has 1 fully saturated rings. The van der Waals surface area contributed by atoms with Crippen LogP contribution in [0.25, 0.3) is 0 Å². The first-order valence-corrected chi connectivity index (χ1v) is 11.9. The second kappa shape index (κ2) is 9.24. The van der Waals surface area contributed by atoms with E-state index in [1.165, 1.54) is 12.1 Å². The molecule has 0 saturated carbocycles. The van der Waals surface area contributed by atoms with E-state index < -0.39 is 18.1 Å². The van der Waals surface area contributed by atoms with E-state index in [1.807, 2.05) is 13.0 Å². The summed E-state index contributed by atoms with van der Waals surface area (Å²) in [7, 11) is 0. The lowest BCUT2D eigenvalue weighted by molar-refractivity contribution is -0.274. The van der Waals surface area contributed by atoms with Crippen LogP contribution in [0.2, 0.25) is 10.0 Å². The predicted molar refractivity (Wildman–Crippen MR) is 125 cm³/mol. The molecule has 1 atom stereocenters. The van der Waals surface area contributed by atoms with Crippen molar-refractivity contribution < 1.29 is 22.6 Å². The van der Waals surface area contributed by atoms with Gasteiger partial charge in [-0.3, -0.25) is 14.9 Å². The molecule has 0 aliphatic carbocycles. The number of rotatable bonds is 4. The summed E-state index contributed by atoms with van der Waals surface area (Å²) in [5.74, 6) is -0.226. The molecule has 2 aliphatic heterocycles. The van der Waals surface area contributed by atoms with Crippen molar-refractivity contribution in [2.75, 3.05) is 13.1 Å².